The van der Waals surface area contributed by atoms with Crippen LogP contribution in [0.4, 0.5) is 9.18 Å². The van der Waals surface area contributed by atoms with Gasteiger partial charge in [0.25, 0.3) is 0 Å². The summed E-state index contributed by atoms with van der Waals surface area (Å²) in [6.45, 7) is 0.762. The third-order valence-electron chi connectivity index (χ3n) is 0.794. The number of halogens is 1. The second-order valence-electron chi connectivity index (χ2n) is 1.66. The highest BCUT2D eigenvalue weighted by molar-refractivity contribution is 7.87. The molecule has 0 rings (SSSR count). The van der Waals surface area contributed by atoms with Gasteiger partial charge in [-0.3, -0.25) is 0 Å². The Morgan fingerprint density at radius 1 is 1.64 bits per heavy atom. The molecule has 0 heterocycles. The molecule has 0 aromatic rings. The molecule has 0 spiro atoms. The zero-order valence-electron chi connectivity index (χ0n) is 6.00. The fourth-order valence-corrected chi connectivity index (χ4v) is 0.640. The lowest BCUT2D eigenvalue weighted by Gasteiger charge is -2.03. The number of hydrogen-bond acceptors (Lipinski definition) is 4. The summed E-state index contributed by atoms with van der Waals surface area (Å²) < 4.78 is 36.7. The molecular weight excluding hydrogens is 177 g/mol. The van der Waals surface area contributed by atoms with Crippen LogP contribution in [-0.2, 0) is 14.3 Å². The van der Waals surface area contributed by atoms with Gasteiger partial charge < -0.3 is 9.50 Å². The highest BCUT2D eigenvalue weighted by atomic mass is 32.2. The molecule has 5 nitrogen and oxygen atoms in total. The molecule has 0 saturated carbocycles. The standard InChI is InChI=1S/C4H8FNO4S/c1-3(5)11(8,9)10-4(7)6-2/h3H,1-2H3,(H,6,7). The molecule has 0 aromatic heterocycles. The molecule has 0 saturated heterocycles. The highest BCUT2D eigenvalue weighted by Gasteiger charge is 2.24. The van der Waals surface area contributed by atoms with Crippen molar-refractivity contribution < 1.29 is 21.8 Å². The van der Waals surface area contributed by atoms with Crippen LogP contribution in [0.2, 0.25) is 0 Å². The summed E-state index contributed by atoms with van der Waals surface area (Å²) in [5.41, 5.74) is -2.21. The topological polar surface area (TPSA) is 72.5 Å². The molecule has 0 aliphatic rings. The van der Waals surface area contributed by atoms with Gasteiger partial charge >= 0.3 is 16.2 Å². The Hall–Kier alpha value is -0.850. The van der Waals surface area contributed by atoms with Crippen molar-refractivity contribution in [1.82, 2.24) is 5.32 Å². The van der Waals surface area contributed by atoms with E-state index in [-0.39, 0.29) is 0 Å². The Bertz CT molecular complexity index is 234. The van der Waals surface area contributed by atoms with Crippen molar-refractivity contribution in [2.24, 2.45) is 0 Å². The minimum absolute atomic E-state index is 0.762. The Balaban J connectivity index is 4.27. The lowest BCUT2D eigenvalue weighted by Crippen LogP contribution is -2.26. The van der Waals surface area contributed by atoms with E-state index in [0.717, 1.165) is 6.92 Å². The van der Waals surface area contributed by atoms with Gasteiger partial charge in [0.05, 0.1) is 0 Å². The quantitative estimate of drug-likeness (QED) is 0.614. The van der Waals surface area contributed by atoms with Crippen molar-refractivity contribution in [3.05, 3.63) is 0 Å². The summed E-state index contributed by atoms with van der Waals surface area (Å²) in [5, 5.41) is 1.87. The van der Waals surface area contributed by atoms with E-state index in [2.05, 4.69) is 4.18 Å². The molecule has 66 valence electrons. The highest BCUT2D eigenvalue weighted by Crippen LogP contribution is 2.04. The molecule has 0 fully saturated rings. The van der Waals surface area contributed by atoms with Crippen molar-refractivity contribution in [2.75, 3.05) is 7.05 Å². The molecular formula is C4H8FNO4S. The van der Waals surface area contributed by atoms with E-state index in [4.69, 9.17) is 0 Å². The van der Waals surface area contributed by atoms with Gasteiger partial charge in [0.15, 0.2) is 0 Å². The largest absolute Gasteiger partial charge is 0.422 e. The summed E-state index contributed by atoms with van der Waals surface area (Å²) in [6, 6.07) is 0. The van der Waals surface area contributed by atoms with Gasteiger partial charge in [0.1, 0.15) is 0 Å². The number of alkyl halides is 1. The minimum Gasteiger partial charge on any atom is -0.326 e. The third-order valence-corrected chi connectivity index (χ3v) is 1.97. The van der Waals surface area contributed by atoms with E-state index in [9.17, 15) is 17.6 Å². The Labute approximate surface area is 63.7 Å². The van der Waals surface area contributed by atoms with Gasteiger partial charge in [-0.1, -0.05) is 0 Å². The molecule has 1 amide bonds. The maximum absolute atomic E-state index is 12.1. The fraction of sp³-hybridized carbons (Fsp3) is 0.750. The van der Waals surface area contributed by atoms with Gasteiger partial charge in [0, 0.05) is 7.05 Å². The van der Waals surface area contributed by atoms with Gasteiger partial charge in [-0.2, -0.15) is 8.42 Å². The van der Waals surface area contributed by atoms with Crippen LogP contribution in [0.3, 0.4) is 0 Å². The SMILES string of the molecule is CNC(=O)OS(=O)(=O)C(C)F. The Morgan fingerprint density at radius 3 is 2.36 bits per heavy atom. The normalized spacial score (nSPS) is 13.7. The van der Waals surface area contributed by atoms with Gasteiger partial charge in [-0.25, -0.2) is 9.18 Å². The first-order valence-electron chi connectivity index (χ1n) is 2.69. The fourth-order valence-electron chi connectivity index (χ4n) is 0.213. The number of nitrogens with one attached hydrogen (secondary N) is 1. The number of carbonyl (C=O) groups is 1. The van der Waals surface area contributed by atoms with Gasteiger partial charge in [-0.05, 0) is 6.92 Å². The lowest BCUT2D eigenvalue weighted by molar-refractivity contribution is 0.202. The van der Waals surface area contributed by atoms with Crippen molar-refractivity contribution in [3.8, 4) is 0 Å². The van der Waals surface area contributed by atoms with Crippen LogP contribution in [0, 0.1) is 0 Å². The molecule has 1 N–H and O–H groups in total. The van der Waals surface area contributed by atoms with Crippen LogP contribution in [0.5, 0.6) is 0 Å². The molecule has 0 aliphatic heterocycles. The van der Waals surface area contributed by atoms with Crippen molar-refractivity contribution in [2.45, 2.75) is 12.4 Å². The summed E-state index contributed by atoms with van der Waals surface area (Å²) >= 11 is 0. The third kappa shape index (κ3) is 3.17. The molecule has 7 heteroatoms. The summed E-state index contributed by atoms with van der Waals surface area (Å²) in [5.74, 6) is 0. The monoisotopic (exact) mass is 185 g/mol. The number of rotatable bonds is 2. The van der Waals surface area contributed by atoms with Gasteiger partial charge in [-0.15, -0.1) is 0 Å². The van der Waals surface area contributed by atoms with Gasteiger partial charge in [0.2, 0.25) is 5.50 Å². The lowest BCUT2D eigenvalue weighted by atomic mass is 10.9. The second-order valence-corrected chi connectivity index (χ2v) is 3.46. The minimum atomic E-state index is -4.39. The Kier molecular flexibility index (Phi) is 3.24. The van der Waals surface area contributed by atoms with E-state index in [1.54, 1.807) is 0 Å². The zero-order chi connectivity index (χ0) is 9.07. The summed E-state index contributed by atoms with van der Waals surface area (Å²) in [4.78, 5) is 10.3. The maximum Gasteiger partial charge on any atom is 0.422 e. The van der Waals surface area contributed by atoms with E-state index >= 15 is 0 Å². The predicted molar refractivity (Wildman–Crippen MR) is 35.0 cm³/mol. The first-order chi connectivity index (χ1) is 4.90. The average Bonchev–Trinajstić information content (AvgIpc) is 1.86. The van der Waals surface area contributed by atoms with Crippen LogP contribution in [-0.4, -0.2) is 27.1 Å². The number of hydrogen-bond donors (Lipinski definition) is 1. The molecule has 0 aliphatic carbocycles. The molecule has 0 bridgehead atoms. The number of amides is 1. The first kappa shape index (κ1) is 10.2. The van der Waals surface area contributed by atoms with Crippen LogP contribution in [0.1, 0.15) is 6.92 Å². The molecule has 1 atom stereocenters. The predicted octanol–water partition coefficient (Wildman–Crippen LogP) is -0.0123. The van der Waals surface area contributed by atoms with Crippen molar-refractivity contribution >= 4 is 16.2 Å². The summed E-state index contributed by atoms with van der Waals surface area (Å²) in [7, 11) is -3.22. The Morgan fingerprint density at radius 2 is 2.09 bits per heavy atom. The molecule has 0 aromatic carbocycles. The van der Waals surface area contributed by atoms with Crippen LogP contribution < -0.4 is 5.32 Å². The van der Waals surface area contributed by atoms with Crippen LogP contribution >= 0.6 is 0 Å². The molecule has 1 unspecified atom stereocenters. The van der Waals surface area contributed by atoms with E-state index in [0.29, 0.717) is 0 Å². The second kappa shape index (κ2) is 3.51. The number of carbonyl (C=O) groups excluding carboxylic acids is 1. The summed E-state index contributed by atoms with van der Waals surface area (Å²) in [6.07, 6.45) is -1.20. The zero-order valence-corrected chi connectivity index (χ0v) is 6.81. The van der Waals surface area contributed by atoms with Crippen molar-refractivity contribution in [1.29, 1.82) is 0 Å². The van der Waals surface area contributed by atoms with Crippen LogP contribution in [0.15, 0.2) is 0 Å². The smallest absolute Gasteiger partial charge is 0.326 e. The maximum atomic E-state index is 12.1. The van der Waals surface area contributed by atoms with Crippen LogP contribution in [0.25, 0.3) is 0 Å². The average molecular weight is 185 g/mol. The van der Waals surface area contributed by atoms with E-state index < -0.39 is 21.7 Å². The van der Waals surface area contributed by atoms with Crippen molar-refractivity contribution in [3.63, 3.8) is 0 Å². The first-order valence-corrected chi connectivity index (χ1v) is 4.16. The van der Waals surface area contributed by atoms with E-state index in [1.165, 1.54) is 7.05 Å². The molecule has 11 heavy (non-hydrogen) atoms. The van der Waals surface area contributed by atoms with E-state index in [1.807, 2.05) is 5.32 Å². The molecule has 0 radical (unpaired) electrons.